The third-order valence-electron chi connectivity index (χ3n) is 3.96. The molecule has 1 aliphatic rings. The molecule has 0 saturated carbocycles. The molecule has 1 fully saturated rings. The molecule has 2 N–H and O–H groups in total. The molecule has 0 spiro atoms. The lowest BCUT2D eigenvalue weighted by molar-refractivity contribution is 0.0551. The molecule has 0 bridgehead atoms. The lowest BCUT2D eigenvalue weighted by atomic mass is 9.91. The summed E-state index contributed by atoms with van der Waals surface area (Å²) in [4.78, 5) is 14.4. The van der Waals surface area contributed by atoms with Gasteiger partial charge in [-0.1, -0.05) is 30.1 Å². The van der Waals surface area contributed by atoms with Gasteiger partial charge in [-0.2, -0.15) is 0 Å². The van der Waals surface area contributed by atoms with Crippen molar-refractivity contribution in [3.8, 4) is 0 Å². The molecule has 0 aromatic heterocycles. The molecule has 2 rings (SSSR count). The standard InChI is InChI=1S/C14H18Cl2N2O/c1-8-4-3-5-18(9(8)2)14(19)10-6-11(15)13(17)12(16)7-10/h6-9H,3-5,17H2,1-2H3. The monoisotopic (exact) mass is 300 g/mol. The first-order chi connectivity index (χ1) is 8.91. The Hall–Kier alpha value is -0.930. The minimum atomic E-state index is -0.0251. The minimum Gasteiger partial charge on any atom is -0.396 e. The number of carbonyl (C=O) groups is 1. The number of halogens is 2. The van der Waals surface area contributed by atoms with Gasteiger partial charge in [0.2, 0.25) is 0 Å². The Balaban J connectivity index is 2.29. The maximum atomic E-state index is 12.5. The van der Waals surface area contributed by atoms with E-state index in [1.807, 2.05) is 4.90 Å². The molecule has 3 nitrogen and oxygen atoms in total. The second-order valence-electron chi connectivity index (χ2n) is 5.21. The number of piperidine rings is 1. The molecule has 2 atom stereocenters. The number of carbonyl (C=O) groups excluding carboxylic acids is 1. The number of nitrogens with zero attached hydrogens (tertiary/aromatic N) is 1. The number of likely N-dealkylation sites (tertiary alicyclic amines) is 1. The number of anilines is 1. The second-order valence-corrected chi connectivity index (χ2v) is 6.03. The van der Waals surface area contributed by atoms with Crippen LogP contribution in [0, 0.1) is 5.92 Å². The molecular weight excluding hydrogens is 283 g/mol. The van der Waals surface area contributed by atoms with Gasteiger partial charge in [0.1, 0.15) is 0 Å². The molecule has 5 heteroatoms. The smallest absolute Gasteiger partial charge is 0.254 e. The van der Waals surface area contributed by atoms with Gasteiger partial charge in [-0.05, 0) is 37.8 Å². The van der Waals surface area contributed by atoms with E-state index in [-0.39, 0.29) is 11.9 Å². The van der Waals surface area contributed by atoms with Crippen LogP contribution in [0.15, 0.2) is 12.1 Å². The zero-order valence-corrected chi connectivity index (χ0v) is 12.6. The van der Waals surface area contributed by atoms with Crippen molar-refractivity contribution in [2.24, 2.45) is 5.92 Å². The van der Waals surface area contributed by atoms with Gasteiger partial charge in [-0.3, -0.25) is 4.79 Å². The van der Waals surface area contributed by atoms with Gasteiger partial charge in [-0.25, -0.2) is 0 Å². The average Bonchev–Trinajstić information content (AvgIpc) is 2.38. The third kappa shape index (κ3) is 2.82. The van der Waals surface area contributed by atoms with Gasteiger partial charge in [-0.15, -0.1) is 0 Å². The third-order valence-corrected chi connectivity index (χ3v) is 4.59. The summed E-state index contributed by atoms with van der Waals surface area (Å²) in [5, 5.41) is 0.655. The lowest BCUT2D eigenvalue weighted by Crippen LogP contribution is -2.46. The van der Waals surface area contributed by atoms with Crippen molar-refractivity contribution < 1.29 is 4.79 Å². The minimum absolute atomic E-state index is 0.0251. The summed E-state index contributed by atoms with van der Waals surface area (Å²) < 4.78 is 0. The Kier molecular flexibility index (Phi) is 4.26. The summed E-state index contributed by atoms with van der Waals surface area (Å²) in [6.07, 6.45) is 2.20. The molecule has 1 amide bonds. The fraction of sp³-hybridized carbons (Fsp3) is 0.500. The molecular formula is C14H18Cl2N2O. The molecule has 1 heterocycles. The van der Waals surface area contributed by atoms with E-state index in [9.17, 15) is 4.79 Å². The van der Waals surface area contributed by atoms with E-state index < -0.39 is 0 Å². The summed E-state index contributed by atoms with van der Waals surface area (Å²) in [5.74, 6) is 0.486. The summed E-state index contributed by atoms with van der Waals surface area (Å²) in [6.45, 7) is 5.04. The Morgan fingerprint density at radius 3 is 2.47 bits per heavy atom. The van der Waals surface area contributed by atoms with Crippen LogP contribution in [0.4, 0.5) is 5.69 Å². The van der Waals surface area contributed by atoms with Crippen LogP contribution in [0.5, 0.6) is 0 Å². The topological polar surface area (TPSA) is 46.3 Å². The summed E-state index contributed by atoms with van der Waals surface area (Å²) >= 11 is 12.0. The first-order valence-electron chi connectivity index (χ1n) is 6.47. The van der Waals surface area contributed by atoms with Crippen molar-refractivity contribution in [2.75, 3.05) is 12.3 Å². The Labute approximate surface area is 123 Å². The number of amides is 1. The predicted molar refractivity (Wildman–Crippen MR) is 79.8 cm³/mol. The van der Waals surface area contributed by atoms with Gasteiger partial charge in [0.25, 0.3) is 5.91 Å². The van der Waals surface area contributed by atoms with Crippen LogP contribution in [-0.2, 0) is 0 Å². The van der Waals surface area contributed by atoms with Crippen LogP contribution in [0.2, 0.25) is 10.0 Å². The average molecular weight is 301 g/mol. The molecule has 19 heavy (non-hydrogen) atoms. The number of hydrogen-bond acceptors (Lipinski definition) is 2. The van der Waals surface area contributed by atoms with Gasteiger partial charge >= 0.3 is 0 Å². The largest absolute Gasteiger partial charge is 0.396 e. The van der Waals surface area contributed by atoms with E-state index in [4.69, 9.17) is 28.9 Å². The van der Waals surface area contributed by atoms with Crippen LogP contribution < -0.4 is 5.73 Å². The highest BCUT2D eigenvalue weighted by Gasteiger charge is 2.29. The van der Waals surface area contributed by atoms with Gasteiger partial charge in [0.15, 0.2) is 0 Å². The Morgan fingerprint density at radius 2 is 1.89 bits per heavy atom. The number of benzene rings is 1. The van der Waals surface area contributed by atoms with E-state index in [0.29, 0.717) is 27.2 Å². The van der Waals surface area contributed by atoms with Crippen LogP contribution >= 0.6 is 23.2 Å². The molecule has 1 aromatic rings. The summed E-state index contributed by atoms with van der Waals surface area (Å²) in [6, 6.07) is 3.42. The highest BCUT2D eigenvalue weighted by molar-refractivity contribution is 6.39. The van der Waals surface area contributed by atoms with Gasteiger partial charge in [0, 0.05) is 18.2 Å². The van der Waals surface area contributed by atoms with E-state index in [1.54, 1.807) is 12.1 Å². The lowest BCUT2D eigenvalue weighted by Gasteiger charge is -2.38. The van der Waals surface area contributed by atoms with Gasteiger partial charge in [0.05, 0.1) is 15.7 Å². The normalized spacial score (nSPS) is 23.5. The van der Waals surface area contributed by atoms with Crippen molar-refractivity contribution in [1.29, 1.82) is 0 Å². The second kappa shape index (κ2) is 5.59. The fourth-order valence-corrected chi connectivity index (χ4v) is 2.98. The zero-order chi connectivity index (χ0) is 14.2. The fourth-order valence-electron chi connectivity index (χ4n) is 2.50. The highest BCUT2D eigenvalue weighted by Crippen LogP contribution is 2.31. The molecule has 1 aliphatic heterocycles. The van der Waals surface area contributed by atoms with E-state index in [1.165, 1.54) is 0 Å². The first kappa shape index (κ1) is 14.5. The Bertz CT molecular complexity index is 481. The molecule has 1 aromatic carbocycles. The predicted octanol–water partition coefficient (Wildman–Crippen LogP) is 3.84. The van der Waals surface area contributed by atoms with Crippen LogP contribution in [-0.4, -0.2) is 23.4 Å². The van der Waals surface area contributed by atoms with E-state index in [0.717, 1.165) is 19.4 Å². The van der Waals surface area contributed by atoms with Crippen molar-refractivity contribution in [1.82, 2.24) is 4.90 Å². The number of rotatable bonds is 1. The number of nitrogens with two attached hydrogens (primary N) is 1. The highest BCUT2D eigenvalue weighted by atomic mass is 35.5. The summed E-state index contributed by atoms with van der Waals surface area (Å²) in [5.41, 5.74) is 6.51. The quantitative estimate of drug-likeness (QED) is 0.801. The van der Waals surface area contributed by atoms with E-state index in [2.05, 4.69) is 13.8 Å². The zero-order valence-electron chi connectivity index (χ0n) is 11.1. The maximum Gasteiger partial charge on any atom is 0.254 e. The first-order valence-corrected chi connectivity index (χ1v) is 7.23. The van der Waals surface area contributed by atoms with E-state index >= 15 is 0 Å². The van der Waals surface area contributed by atoms with Crippen molar-refractivity contribution in [3.05, 3.63) is 27.7 Å². The maximum absolute atomic E-state index is 12.5. The van der Waals surface area contributed by atoms with Crippen molar-refractivity contribution in [3.63, 3.8) is 0 Å². The number of nitrogen functional groups attached to an aromatic ring is 1. The van der Waals surface area contributed by atoms with Crippen LogP contribution in [0.1, 0.15) is 37.0 Å². The molecule has 0 aliphatic carbocycles. The summed E-state index contributed by atoms with van der Waals surface area (Å²) in [7, 11) is 0. The van der Waals surface area contributed by atoms with Crippen LogP contribution in [0.3, 0.4) is 0 Å². The number of hydrogen-bond donors (Lipinski definition) is 1. The van der Waals surface area contributed by atoms with Crippen molar-refractivity contribution >= 4 is 34.8 Å². The Morgan fingerprint density at radius 1 is 1.32 bits per heavy atom. The van der Waals surface area contributed by atoms with Gasteiger partial charge < -0.3 is 10.6 Å². The molecule has 104 valence electrons. The molecule has 0 radical (unpaired) electrons. The van der Waals surface area contributed by atoms with Crippen molar-refractivity contribution in [2.45, 2.75) is 32.7 Å². The molecule has 2 unspecified atom stereocenters. The SMILES string of the molecule is CC1CCCN(C(=O)c2cc(Cl)c(N)c(Cl)c2)C1C. The van der Waals surface area contributed by atoms with Crippen LogP contribution in [0.25, 0.3) is 0 Å². The molecule has 1 saturated heterocycles.